The Bertz CT molecular complexity index is 884. The van der Waals surface area contributed by atoms with Gasteiger partial charge in [0.2, 0.25) is 5.95 Å². The molecule has 8 heteroatoms. The van der Waals surface area contributed by atoms with Gasteiger partial charge in [0.1, 0.15) is 5.69 Å². The second-order valence-electron chi connectivity index (χ2n) is 7.70. The van der Waals surface area contributed by atoms with Crippen molar-refractivity contribution < 1.29 is 14.7 Å². The third-order valence-corrected chi connectivity index (χ3v) is 4.77. The molecule has 3 heterocycles. The van der Waals surface area contributed by atoms with Crippen LogP contribution >= 0.6 is 0 Å². The van der Waals surface area contributed by atoms with Crippen LogP contribution in [-0.4, -0.2) is 49.9 Å². The zero-order valence-electron chi connectivity index (χ0n) is 16.1. The molecule has 1 aliphatic heterocycles. The molecule has 1 unspecified atom stereocenters. The quantitative estimate of drug-likeness (QED) is 0.782. The van der Waals surface area contributed by atoms with Gasteiger partial charge in [-0.25, -0.2) is 14.8 Å². The van der Waals surface area contributed by atoms with E-state index in [0.717, 1.165) is 24.1 Å². The van der Waals surface area contributed by atoms with Gasteiger partial charge in [-0.2, -0.15) is 0 Å². The standard InChI is InChI=1S/C20H25N5O3/c1-12(2)5-16-8-17(24-20(21)23-16)18(26)25-4-3-13(11-25)6-14-7-15(19(27)28)10-22-9-14/h7-10,12-13H,3-6,11H2,1-2H3,(H,27,28)(H2,21,23,24). The van der Waals surface area contributed by atoms with Crippen molar-refractivity contribution in [2.45, 2.75) is 33.1 Å². The number of aromatic nitrogens is 3. The molecule has 0 bridgehead atoms. The summed E-state index contributed by atoms with van der Waals surface area (Å²) in [5.74, 6) is -0.350. The highest BCUT2D eigenvalue weighted by Gasteiger charge is 2.28. The van der Waals surface area contributed by atoms with Crippen LogP contribution in [0, 0.1) is 11.8 Å². The number of carbonyl (C=O) groups excluding carboxylic acids is 1. The number of hydrogen-bond donors (Lipinski definition) is 2. The van der Waals surface area contributed by atoms with Crippen molar-refractivity contribution >= 4 is 17.8 Å². The van der Waals surface area contributed by atoms with E-state index in [0.29, 0.717) is 31.1 Å². The molecule has 0 aliphatic carbocycles. The zero-order valence-corrected chi connectivity index (χ0v) is 16.1. The summed E-state index contributed by atoms with van der Waals surface area (Å²) in [6.07, 6.45) is 5.29. The number of aromatic carboxylic acids is 1. The van der Waals surface area contributed by atoms with Crippen molar-refractivity contribution in [2.75, 3.05) is 18.8 Å². The summed E-state index contributed by atoms with van der Waals surface area (Å²) in [4.78, 5) is 38.1. The summed E-state index contributed by atoms with van der Waals surface area (Å²) in [7, 11) is 0. The van der Waals surface area contributed by atoms with Gasteiger partial charge in [0.25, 0.3) is 5.91 Å². The monoisotopic (exact) mass is 383 g/mol. The van der Waals surface area contributed by atoms with Crippen LogP contribution in [0.3, 0.4) is 0 Å². The molecular formula is C20H25N5O3. The fourth-order valence-electron chi connectivity index (χ4n) is 3.55. The van der Waals surface area contributed by atoms with E-state index in [-0.39, 0.29) is 23.3 Å². The number of nitrogens with two attached hydrogens (primary N) is 1. The first-order valence-corrected chi connectivity index (χ1v) is 9.41. The maximum Gasteiger partial charge on any atom is 0.337 e. The van der Waals surface area contributed by atoms with E-state index in [4.69, 9.17) is 10.8 Å². The molecule has 8 nitrogen and oxygen atoms in total. The van der Waals surface area contributed by atoms with Gasteiger partial charge in [0.05, 0.1) is 5.56 Å². The van der Waals surface area contributed by atoms with Crippen molar-refractivity contribution in [1.82, 2.24) is 19.9 Å². The van der Waals surface area contributed by atoms with E-state index in [1.807, 2.05) is 0 Å². The number of hydrogen-bond acceptors (Lipinski definition) is 6. The number of nitrogen functional groups attached to an aromatic ring is 1. The van der Waals surface area contributed by atoms with E-state index >= 15 is 0 Å². The first-order chi connectivity index (χ1) is 13.3. The molecule has 3 N–H and O–H groups in total. The van der Waals surface area contributed by atoms with Crippen LogP contribution in [0.25, 0.3) is 0 Å². The zero-order chi connectivity index (χ0) is 20.3. The molecule has 1 fully saturated rings. The van der Waals surface area contributed by atoms with E-state index in [2.05, 4.69) is 28.8 Å². The molecule has 1 amide bonds. The Morgan fingerprint density at radius 1 is 1.29 bits per heavy atom. The number of amides is 1. The van der Waals surface area contributed by atoms with Crippen molar-refractivity contribution in [3.05, 3.63) is 47.0 Å². The largest absolute Gasteiger partial charge is 0.478 e. The molecule has 0 aromatic carbocycles. The summed E-state index contributed by atoms with van der Waals surface area (Å²) < 4.78 is 0. The lowest BCUT2D eigenvalue weighted by molar-refractivity contribution is 0.0695. The smallest absolute Gasteiger partial charge is 0.337 e. The van der Waals surface area contributed by atoms with Crippen molar-refractivity contribution in [3.63, 3.8) is 0 Å². The van der Waals surface area contributed by atoms with E-state index < -0.39 is 5.97 Å². The van der Waals surface area contributed by atoms with Gasteiger partial charge in [0.15, 0.2) is 0 Å². The van der Waals surface area contributed by atoms with Gasteiger partial charge in [-0.3, -0.25) is 9.78 Å². The number of pyridine rings is 1. The first-order valence-electron chi connectivity index (χ1n) is 9.41. The molecular weight excluding hydrogens is 358 g/mol. The summed E-state index contributed by atoms with van der Waals surface area (Å²) in [6, 6.07) is 3.37. The highest BCUT2D eigenvalue weighted by Crippen LogP contribution is 2.23. The Morgan fingerprint density at radius 2 is 2.07 bits per heavy atom. The van der Waals surface area contributed by atoms with Crippen LogP contribution in [0.2, 0.25) is 0 Å². The average molecular weight is 383 g/mol. The molecule has 2 aromatic heterocycles. The molecule has 1 saturated heterocycles. The first kappa shape index (κ1) is 19.7. The maximum absolute atomic E-state index is 12.9. The molecule has 0 spiro atoms. The Kier molecular flexibility index (Phi) is 5.87. The Morgan fingerprint density at radius 3 is 2.79 bits per heavy atom. The van der Waals surface area contributed by atoms with E-state index in [1.165, 1.54) is 6.20 Å². The lowest BCUT2D eigenvalue weighted by Gasteiger charge is -2.17. The Balaban J connectivity index is 1.66. The SMILES string of the molecule is CC(C)Cc1cc(C(=O)N2CCC(Cc3cncc(C(=O)O)c3)C2)nc(N)n1. The fourth-order valence-corrected chi connectivity index (χ4v) is 3.55. The molecule has 2 aromatic rings. The average Bonchev–Trinajstić information content (AvgIpc) is 3.08. The number of anilines is 1. The molecule has 3 rings (SSSR count). The minimum Gasteiger partial charge on any atom is -0.478 e. The predicted octanol–water partition coefficient (Wildman–Crippen LogP) is 2.06. The van der Waals surface area contributed by atoms with Crippen LogP contribution in [-0.2, 0) is 12.8 Å². The van der Waals surface area contributed by atoms with Crippen LogP contribution in [0.5, 0.6) is 0 Å². The third-order valence-electron chi connectivity index (χ3n) is 4.77. The topological polar surface area (TPSA) is 122 Å². The van der Waals surface area contributed by atoms with E-state index in [1.54, 1.807) is 23.2 Å². The van der Waals surface area contributed by atoms with Crippen LogP contribution in [0.1, 0.15) is 52.4 Å². The highest BCUT2D eigenvalue weighted by molar-refractivity contribution is 5.92. The van der Waals surface area contributed by atoms with Crippen LogP contribution < -0.4 is 5.73 Å². The fraction of sp³-hybridized carbons (Fsp3) is 0.450. The number of likely N-dealkylation sites (tertiary alicyclic amines) is 1. The summed E-state index contributed by atoms with van der Waals surface area (Å²) >= 11 is 0. The Labute approximate surface area is 163 Å². The van der Waals surface area contributed by atoms with Gasteiger partial charge in [-0.05, 0) is 48.8 Å². The number of rotatable bonds is 6. The number of carboxylic acid groups (broad SMARTS) is 1. The molecule has 0 saturated carbocycles. The molecule has 1 aliphatic rings. The Hall–Kier alpha value is -3.03. The van der Waals surface area contributed by atoms with Gasteiger partial charge in [-0.15, -0.1) is 0 Å². The van der Waals surface area contributed by atoms with Crippen LogP contribution in [0.15, 0.2) is 24.5 Å². The molecule has 28 heavy (non-hydrogen) atoms. The maximum atomic E-state index is 12.9. The van der Waals surface area contributed by atoms with Crippen molar-refractivity contribution in [1.29, 1.82) is 0 Å². The summed E-state index contributed by atoms with van der Waals surface area (Å²) in [6.45, 7) is 5.40. The number of carbonyl (C=O) groups is 2. The van der Waals surface area contributed by atoms with Crippen molar-refractivity contribution in [3.8, 4) is 0 Å². The van der Waals surface area contributed by atoms with E-state index in [9.17, 15) is 9.59 Å². The molecule has 148 valence electrons. The minimum absolute atomic E-state index is 0.119. The molecule has 0 radical (unpaired) electrons. The van der Waals surface area contributed by atoms with Gasteiger partial charge in [0, 0.05) is 31.2 Å². The van der Waals surface area contributed by atoms with Crippen molar-refractivity contribution in [2.24, 2.45) is 11.8 Å². The predicted molar refractivity (Wildman–Crippen MR) is 104 cm³/mol. The van der Waals surface area contributed by atoms with Gasteiger partial charge >= 0.3 is 5.97 Å². The lowest BCUT2D eigenvalue weighted by atomic mass is 9.99. The summed E-state index contributed by atoms with van der Waals surface area (Å²) in [5.41, 5.74) is 7.94. The highest BCUT2D eigenvalue weighted by atomic mass is 16.4. The minimum atomic E-state index is -0.990. The lowest BCUT2D eigenvalue weighted by Crippen LogP contribution is -2.30. The normalized spacial score (nSPS) is 16.5. The third kappa shape index (κ3) is 4.82. The second kappa shape index (κ2) is 8.33. The summed E-state index contributed by atoms with van der Waals surface area (Å²) in [5, 5.41) is 9.10. The van der Waals surface area contributed by atoms with Gasteiger partial charge < -0.3 is 15.7 Å². The van der Waals surface area contributed by atoms with Crippen LogP contribution in [0.4, 0.5) is 5.95 Å². The molecule has 1 atom stereocenters. The van der Waals surface area contributed by atoms with Gasteiger partial charge in [-0.1, -0.05) is 13.8 Å². The second-order valence-corrected chi connectivity index (χ2v) is 7.70. The number of nitrogens with zero attached hydrogens (tertiary/aromatic N) is 4. The number of carboxylic acids is 1.